The van der Waals surface area contributed by atoms with Crippen molar-refractivity contribution in [1.82, 2.24) is 19.8 Å². The first-order valence-electron chi connectivity index (χ1n) is 10.1. The SMILES string of the molecule is CC(C)[C@@H](NC(=O)c1ccco1)c1nc(-c2ccc(S(=O)(=O)N3CCCC3)cc2)no1. The molecule has 0 bridgehead atoms. The fraction of sp³-hybridized carbons (Fsp3) is 0.381. The molecule has 1 saturated heterocycles. The topological polar surface area (TPSA) is 119 Å². The maximum atomic E-state index is 12.7. The third-order valence-corrected chi connectivity index (χ3v) is 7.13. The van der Waals surface area contributed by atoms with Crippen LogP contribution >= 0.6 is 0 Å². The van der Waals surface area contributed by atoms with Crippen molar-refractivity contribution < 1.29 is 22.2 Å². The van der Waals surface area contributed by atoms with Gasteiger partial charge in [0.1, 0.15) is 6.04 Å². The summed E-state index contributed by atoms with van der Waals surface area (Å²) in [4.78, 5) is 17.0. The Bertz CT molecular complexity index is 1130. The van der Waals surface area contributed by atoms with Crippen molar-refractivity contribution >= 4 is 15.9 Å². The van der Waals surface area contributed by atoms with Gasteiger partial charge in [0.15, 0.2) is 5.76 Å². The van der Waals surface area contributed by atoms with Crippen LogP contribution in [0.25, 0.3) is 11.4 Å². The van der Waals surface area contributed by atoms with E-state index < -0.39 is 16.1 Å². The number of sulfonamides is 1. The molecule has 1 aliphatic rings. The van der Waals surface area contributed by atoms with Crippen molar-refractivity contribution in [2.45, 2.75) is 37.6 Å². The number of carbonyl (C=O) groups excluding carboxylic acids is 1. The van der Waals surface area contributed by atoms with Crippen LogP contribution in [0.1, 0.15) is 49.2 Å². The average molecular weight is 445 g/mol. The average Bonchev–Trinajstić information content (AvgIpc) is 3.53. The Labute approximate surface area is 180 Å². The number of carbonyl (C=O) groups is 1. The van der Waals surface area contributed by atoms with Gasteiger partial charge in [0, 0.05) is 18.7 Å². The molecule has 9 nitrogen and oxygen atoms in total. The van der Waals surface area contributed by atoms with E-state index in [1.807, 2.05) is 13.8 Å². The summed E-state index contributed by atoms with van der Waals surface area (Å²) in [6.07, 6.45) is 3.20. The number of amides is 1. The van der Waals surface area contributed by atoms with Crippen LogP contribution in [0.5, 0.6) is 0 Å². The van der Waals surface area contributed by atoms with Crippen molar-refractivity contribution in [3.05, 3.63) is 54.3 Å². The highest BCUT2D eigenvalue weighted by Crippen LogP contribution is 2.26. The summed E-state index contributed by atoms with van der Waals surface area (Å²) < 4.78 is 37.4. The lowest BCUT2D eigenvalue weighted by Crippen LogP contribution is -2.31. The van der Waals surface area contributed by atoms with Gasteiger partial charge < -0.3 is 14.3 Å². The van der Waals surface area contributed by atoms with Crippen LogP contribution in [0, 0.1) is 5.92 Å². The van der Waals surface area contributed by atoms with Crippen LogP contribution in [0.3, 0.4) is 0 Å². The molecule has 0 aliphatic carbocycles. The van der Waals surface area contributed by atoms with Gasteiger partial charge in [0.25, 0.3) is 5.91 Å². The smallest absolute Gasteiger partial charge is 0.287 e. The van der Waals surface area contributed by atoms with Gasteiger partial charge in [-0.05, 0) is 55.2 Å². The van der Waals surface area contributed by atoms with Crippen LogP contribution in [-0.4, -0.2) is 41.9 Å². The summed E-state index contributed by atoms with van der Waals surface area (Å²) in [7, 11) is -3.48. The van der Waals surface area contributed by atoms with Gasteiger partial charge in [-0.25, -0.2) is 8.42 Å². The van der Waals surface area contributed by atoms with Crippen LogP contribution < -0.4 is 5.32 Å². The summed E-state index contributed by atoms with van der Waals surface area (Å²) in [6, 6.07) is 9.12. The Morgan fingerprint density at radius 1 is 1.13 bits per heavy atom. The molecule has 1 aliphatic heterocycles. The summed E-state index contributed by atoms with van der Waals surface area (Å²) in [5.74, 6) is 0.386. The second kappa shape index (κ2) is 8.64. The Hall–Kier alpha value is -2.98. The van der Waals surface area contributed by atoms with Crippen LogP contribution in [-0.2, 0) is 10.0 Å². The zero-order valence-electron chi connectivity index (χ0n) is 17.3. The maximum Gasteiger partial charge on any atom is 0.287 e. The van der Waals surface area contributed by atoms with Gasteiger partial charge >= 0.3 is 0 Å². The van der Waals surface area contributed by atoms with E-state index in [-0.39, 0.29) is 28.4 Å². The number of nitrogens with one attached hydrogen (secondary N) is 1. The fourth-order valence-corrected chi connectivity index (χ4v) is 4.98. The quantitative estimate of drug-likeness (QED) is 0.594. The number of nitrogens with zero attached hydrogens (tertiary/aromatic N) is 3. The zero-order valence-corrected chi connectivity index (χ0v) is 18.1. The lowest BCUT2D eigenvalue weighted by atomic mass is 10.0. The first-order chi connectivity index (χ1) is 14.9. The molecule has 3 aromatic rings. The Morgan fingerprint density at radius 3 is 2.45 bits per heavy atom. The van der Waals surface area contributed by atoms with Gasteiger partial charge in [0.05, 0.1) is 11.2 Å². The largest absolute Gasteiger partial charge is 0.459 e. The van der Waals surface area contributed by atoms with E-state index >= 15 is 0 Å². The van der Waals surface area contributed by atoms with Crippen LogP contribution in [0.2, 0.25) is 0 Å². The van der Waals surface area contributed by atoms with Gasteiger partial charge in [-0.3, -0.25) is 4.79 Å². The predicted octanol–water partition coefficient (Wildman–Crippen LogP) is 3.24. The van der Waals surface area contributed by atoms with E-state index in [2.05, 4.69) is 15.5 Å². The highest BCUT2D eigenvalue weighted by molar-refractivity contribution is 7.89. The molecule has 1 aromatic carbocycles. The lowest BCUT2D eigenvalue weighted by molar-refractivity contribution is 0.0885. The number of hydrogen-bond acceptors (Lipinski definition) is 7. The number of aromatic nitrogens is 2. The highest BCUT2D eigenvalue weighted by atomic mass is 32.2. The monoisotopic (exact) mass is 444 g/mol. The van der Waals surface area contributed by atoms with Gasteiger partial charge in [-0.2, -0.15) is 9.29 Å². The molecule has 0 unspecified atom stereocenters. The molecule has 1 N–H and O–H groups in total. The first-order valence-corrected chi connectivity index (χ1v) is 11.6. The maximum absolute atomic E-state index is 12.7. The Balaban J connectivity index is 1.52. The molecule has 1 amide bonds. The van der Waals surface area contributed by atoms with Crippen molar-refractivity contribution in [3.63, 3.8) is 0 Å². The van der Waals surface area contributed by atoms with Crippen molar-refractivity contribution in [2.75, 3.05) is 13.1 Å². The predicted molar refractivity (Wildman–Crippen MR) is 111 cm³/mol. The number of furan rings is 1. The minimum Gasteiger partial charge on any atom is -0.459 e. The molecule has 3 heterocycles. The van der Waals surface area contributed by atoms with E-state index in [9.17, 15) is 13.2 Å². The fourth-order valence-electron chi connectivity index (χ4n) is 3.47. The molecule has 4 rings (SSSR count). The molecule has 1 fully saturated rings. The van der Waals surface area contributed by atoms with E-state index in [4.69, 9.17) is 8.94 Å². The minimum absolute atomic E-state index is 0.0137. The summed E-state index contributed by atoms with van der Waals surface area (Å²) in [5, 5.41) is 6.85. The number of hydrogen-bond donors (Lipinski definition) is 1. The highest BCUT2D eigenvalue weighted by Gasteiger charge is 2.28. The summed E-state index contributed by atoms with van der Waals surface area (Å²) in [5.41, 5.74) is 0.621. The summed E-state index contributed by atoms with van der Waals surface area (Å²) in [6.45, 7) is 4.96. The molecule has 10 heteroatoms. The third kappa shape index (κ3) is 4.40. The second-order valence-corrected chi connectivity index (χ2v) is 9.70. The van der Waals surface area contributed by atoms with E-state index in [1.165, 1.54) is 10.6 Å². The second-order valence-electron chi connectivity index (χ2n) is 7.76. The Morgan fingerprint density at radius 2 is 1.84 bits per heavy atom. The minimum atomic E-state index is -3.48. The number of benzene rings is 1. The normalized spacial score (nSPS) is 16.0. The molecule has 2 aromatic heterocycles. The third-order valence-electron chi connectivity index (χ3n) is 5.22. The molecule has 0 saturated carbocycles. The lowest BCUT2D eigenvalue weighted by Gasteiger charge is -2.17. The number of rotatable bonds is 7. The molecule has 0 radical (unpaired) electrons. The molecule has 0 spiro atoms. The molecular weight excluding hydrogens is 420 g/mol. The zero-order chi connectivity index (χ0) is 22.0. The standard InChI is InChI=1S/C21H24N4O5S/c1-14(2)18(22-20(26)17-6-5-13-29-17)21-23-19(24-30-21)15-7-9-16(10-8-15)31(27,28)25-11-3-4-12-25/h5-10,13-14,18H,3-4,11-12H2,1-2H3,(H,22,26)/t18-/m1/s1. The van der Waals surface area contributed by atoms with Crippen molar-refractivity contribution in [2.24, 2.45) is 5.92 Å². The van der Waals surface area contributed by atoms with Gasteiger partial charge in [0.2, 0.25) is 21.7 Å². The van der Waals surface area contributed by atoms with Gasteiger partial charge in [-0.1, -0.05) is 19.0 Å². The molecule has 31 heavy (non-hydrogen) atoms. The van der Waals surface area contributed by atoms with Crippen LogP contribution in [0.15, 0.2) is 56.5 Å². The van der Waals surface area contributed by atoms with Crippen LogP contribution in [0.4, 0.5) is 0 Å². The first kappa shape index (κ1) is 21.3. The molecule has 1 atom stereocenters. The van der Waals surface area contributed by atoms with Crippen molar-refractivity contribution in [1.29, 1.82) is 0 Å². The van der Waals surface area contributed by atoms with E-state index in [0.717, 1.165) is 12.8 Å². The molecular formula is C21H24N4O5S. The molecule has 164 valence electrons. The van der Waals surface area contributed by atoms with Crippen molar-refractivity contribution in [3.8, 4) is 11.4 Å². The van der Waals surface area contributed by atoms with Gasteiger partial charge in [-0.15, -0.1) is 0 Å². The van der Waals surface area contributed by atoms with E-state index in [1.54, 1.807) is 36.4 Å². The van der Waals surface area contributed by atoms with E-state index in [0.29, 0.717) is 24.5 Å². The summed E-state index contributed by atoms with van der Waals surface area (Å²) >= 11 is 0. The Kier molecular flexibility index (Phi) is 5.92.